The number of carbonyl (C=O) groups is 3. The number of likely N-dealkylation sites (tertiary alicyclic amines) is 1. The summed E-state index contributed by atoms with van der Waals surface area (Å²) in [5, 5.41) is 9.68. The Morgan fingerprint density at radius 1 is 1.00 bits per heavy atom. The minimum absolute atomic E-state index is 0.0595. The minimum atomic E-state index is -0.351. The number of piperidine rings is 1. The van der Waals surface area contributed by atoms with Gasteiger partial charge >= 0.3 is 18.0 Å². The summed E-state index contributed by atoms with van der Waals surface area (Å²) in [5.41, 5.74) is 1.58. The number of rotatable bonds is 6. The number of nitrogens with one attached hydrogen (secondary N) is 3. The van der Waals surface area contributed by atoms with Crippen molar-refractivity contribution in [2.24, 2.45) is 5.92 Å². The Morgan fingerprint density at radius 3 is 2.47 bits per heavy atom. The standard InChI is InChI=1S/C25H38N4O4S/c1-2-33-23(30)21-19-10-6-7-11-20(19)34-22(21)28-24(31)26-16-17-12-14-29(15-13-17)25(32)27-18-8-4-3-5-9-18/h17-18H,2-16H2,1H3,(H,27,32)(H2,26,28,31). The molecule has 3 aliphatic rings. The van der Waals surface area contributed by atoms with E-state index in [1.165, 1.54) is 35.5 Å². The summed E-state index contributed by atoms with van der Waals surface area (Å²) >= 11 is 1.50. The van der Waals surface area contributed by atoms with E-state index in [0.29, 0.717) is 35.7 Å². The van der Waals surface area contributed by atoms with Crippen LogP contribution in [0.2, 0.25) is 0 Å². The molecule has 3 N–H and O–H groups in total. The first kappa shape index (κ1) is 24.8. The van der Waals surface area contributed by atoms with Crippen molar-refractivity contribution in [3.63, 3.8) is 0 Å². The van der Waals surface area contributed by atoms with Crippen LogP contribution in [-0.2, 0) is 17.6 Å². The molecule has 1 aromatic rings. The maximum Gasteiger partial charge on any atom is 0.341 e. The molecular weight excluding hydrogens is 452 g/mol. The van der Waals surface area contributed by atoms with Crippen molar-refractivity contribution in [2.45, 2.75) is 83.6 Å². The molecule has 0 atom stereocenters. The molecule has 0 spiro atoms. The van der Waals surface area contributed by atoms with E-state index in [1.807, 2.05) is 4.90 Å². The SMILES string of the molecule is CCOC(=O)c1c(NC(=O)NCC2CCN(C(=O)NC3CCCCC3)CC2)sc2c1CCCC2. The molecule has 2 fully saturated rings. The van der Waals surface area contributed by atoms with Crippen LogP contribution in [0.5, 0.6) is 0 Å². The summed E-state index contributed by atoms with van der Waals surface area (Å²) in [5.74, 6) is -0.0124. The van der Waals surface area contributed by atoms with E-state index in [-0.39, 0.29) is 18.0 Å². The normalized spacial score (nSPS) is 19.3. The van der Waals surface area contributed by atoms with Crippen molar-refractivity contribution < 1.29 is 19.1 Å². The zero-order valence-corrected chi connectivity index (χ0v) is 21.1. The number of hydrogen-bond acceptors (Lipinski definition) is 5. The van der Waals surface area contributed by atoms with Gasteiger partial charge < -0.3 is 20.3 Å². The molecule has 0 bridgehead atoms. The maximum atomic E-state index is 12.7. The number of esters is 1. The zero-order valence-electron chi connectivity index (χ0n) is 20.2. The minimum Gasteiger partial charge on any atom is -0.462 e. The van der Waals surface area contributed by atoms with E-state index in [4.69, 9.17) is 4.74 Å². The molecule has 188 valence electrons. The van der Waals surface area contributed by atoms with Crippen LogP contribution in [-0.4, -0.2) is 55.2 Å². The molecule has 4 amide bonds. The molecule has 34 heavy (non-hydrogen) atoms. The Hall–Kier alpha value is -2.29. The number of nitrogens with zero attached hydrogens (tertiary/aromatic N) is 1. The van der Waals surface area contributed by atoms with Gasteiger partial charge in [-0.25, -0.2) is 14.4 Å². The number of hydrogen-bond donors (Lipinski definition) is 3. The van der Waals surface area contributed by atoms with E-state index in [9.17, 15) is 14.4 Å². The largest absolute Gasteiger partial charge is 0.462 e. The van der Waals surface area contributed by atoms with Crippen LogP contribution in [0.3, 0.4) is 0 Å². The second-order valence-electron chi connectivity index (χ2n) is 9.69. The average molecular weight is 491 g/mol. The van der Waals surface area contributed by atoms with Gasteiger partial charge in [-0.2, -0.15) is 0 Å². The van der Waals surface area contributed by atoms with E-state index in [2.05, 4.69) is 16.0 Å². The summed E-state index contributed by atoms with van der Waals surface area (Å²) in [6, 6.07) is 0.0950. The lowest BCUT2D eigenvalue weighted by Crippen LogP contribution is -2.49. The summed E-state index contributed by atoms with van der Waals surface area (Å²) in [6.07, 6.45) is 11.6. The van der Waals surface area contributed by atoms with E-state index in [0.717, 1.165) is 70.0 Å². The van der Waals surface area contributed by atoms with E-state index in [1.54, 1.807) is 6.92 Å². The summed E-state index contributed by atoms with van der Waals surface area (Å²) in [6.45, 7) is 4.10. The van der Waals surface area contributed by atoms with Crippen LogP contribution in [0.25, 0.3) is 0 Å². The number of aryl methyl sites for hydroxylation is 1. The third-order valence-electron chi connectivity index (χ3n) is 7.26. The molecule has 4 rings (SSSR count). The summed E-state index contributed by atoms with van der Waals surface area (Å²) in [4.78, 5) is 40.9. The van der Waals surface area contributed by atoms with Gasteiger partial charge in [0.05, 0.1) is 12.2 Å². The lowest BCUT2D eigenvalue weighted by molar-refractivity contribution is 0.0526. The number of urea groups is 2. The van der Waals surface area contributed by atoms with Gasteiger partial charge in [-0.3, -0.25) is 5.32 Å². The Morgan fingerprint density at radius 2 is 1.74 bits per heavy atom. The van der Waals surface area contributed by atoms with Gasteiger partial charge in [-0.05, 0) is 69.8 Å². The number of ether oxygens (including phenoxy) is 1. The van der Waals surface area contributed by atoms with Crippen LogP contribution in [0.1, 0.15) is 85.5 Å². The summed E-state index contributed by atoms with van der Waals surface area (Å²) < 4.78 is 5.27. The van der Waals surface area contributed by atoms with Crippen molar-refractivity contribution >= 4 is 34.4 Å². The second kappa shape index (κ2) is 11.9. The molecular formula is C25H38N4O4S. The van der Waals surface area contributed by atoms with Gasteiger partial charge in [0.25, 0.3) is 0 Å². The monoisotopic (exact) mass is 490 g/mol. The van der Waals surface area contributed by atoms with Gasteiger partial charge in [0.2, 0.25) is 0 Å². The quantitative estimate of drug-likeness (QED) is 0.504. The third-order valence-corrected chi connectivity index (χ3v) is 8.47. The molecule has 0 unspecified atom stereocenters. The van der Waals surface area contributed by atoms with Crippen LogP contribution in [0.4, 0.5) is 14.6 Å². The highest BCUT2D eigenvalue weighted by Gasteiger charge is 2.28. The molecule has 1 aromatic heterocycles. The molecule has 0 aromatic carbocycles. The number of carbonyl (C=O) groups excluding carboxylic acids is 3. The van der Waals surface area contributed by atoms with Crippen molar-refractivity contribution in [3.8, 4) is 0 Å². The first-order chi connectivity index (χ1) is 16.5. The van der Waals surface area contributed by atoms with Gasteiger partial charge in [-0.15, -0.1) is 11.3 Å². The number of anilines is 1. The van der Waals surface area contributed by atoms with E-state index < -0.39 is 0 Å². The zero-order chi connectivity index (χ0) is 23.9. The van der Waals surface area contributed by atoms with Gasteiger partial charge in [0, 0.05) is 30.6 Å². The highest BCUT2D eigenvalue weighted by Crippen LogP contribution is 2.38. The molecule has 8 nitrogen and oxygen atoms in total. The molecule has 1 aliphatic heterocycles. The highest BCUT2D eigenvalue weighted by atomic mass is 32.1. The molecule has 9 heteroatoms. The van der Waals surface area contributed by atoms with Gasteiger partial charge in [0.15, 0.2) is 0 Å². The lowest BCUT2D eigenvalue weighted by Gasteiger charge is -2.34. The molecule has 1 saturated carbocycles. The first-order valence-electron chi connectivity index (χ1n) is 13.0. The fraction of sp³-hybridized carbons (Fsp3) is 0.720. The summed E-state index contributed by atoms with van der Waals surface area (Å²) in [7, 11) is 0. The van der Waals surface area contributed by atoms with Crippen molar-refractivity contribution in [2.75, 3.05) is 31.6 Å². The Balaban J connectivity index is 1.24. The number of amides is 4. The van der Waals surface area contributed by atoms with E-state index >= 15 is 0 Å². The average Bonchev–Trinajstić information content (AvgIpc) is 3.21. The molecule has 2 aliphatic carbocycles. The Labute approximate surface area is 206 Å². The van der Waals surface area contributed by atoms with Crippen molar-refractivity contribution in [1.29, 1.82) is 0 Å². The molecule has 2 heterocycles. The van der Waals surface area contributed by atoms with Crippen molar-refractivity contribution in [3.05, 3.63) is 16.0 Å². The van der Waals surface area contributed by atoms with Crippen LogP contribution in [0.15, 0.2) is 0 Å². The van der Waals surface area contributed by atoms with Crippen LogP contribution in [0, 0.1) is 5.92 Å². The third kappa shape index (κ3) is 6.23. The predicted octanol–water partition coefficient (Wildman–Crippen LogP) is 4.68. The molecule has 1 saturated heterocycles. The van der Waals surface area contributed by atoms with Gasteiger partial charge in [0.1, 0.15) is 5.00 Å². The smallest absolute Gasteiger partial charge is 0.341 e. The lowest BCUT2D eigenvalue weighted by atomic mass is 9.95. The second-order valence-corrected chi connectivity index (χ2v) is 10.8. The first-order valence-corrected chi connectivity index (χ1v) is 13.8. The highest BCUT2D eigenvalue weighted by molar-refractivity contribution is 7.17. The number of thiophene rings is 1. The maximum absolute atomic E-state index is 12.7. The predicted molar refractivity (Wildman–Crippen MR) is 134 cm³/mol. The topological polar surface area (TPSA) is 99.8 Å². The fourth-order valence-electron chi connectivity index (χ4n) is 5.31. The molecule has 0 radical (unpaired) electrons. The Bertz CT molecular complexity index is 873. The fourth-order valence-corrected chi connectivity index (χ4v) is 6.58. The van der Waals surface area contributed by atoms with Crippen LogP contribution < -0.4 is 16.0 Å². The van der Waals surface area contributed by atoms with Crippen LogP contribution >= 0.6 is 11.3 Å². The Kier molecular flexibility index (Phi) is 8.69. The van der Waals surface area contributed by atoms with Crippen molar-refractivity contribution in [1.82, 2.24) is 15.5 Å². The number of fused-ring (bicyclic) bond motifs is 1. The van der Waals surface area contributed by atoms with Gasteiger partial charge in [-0.1, -0.05) is 19.3 Å².